The summed E-state index contributed by atoms with van der Waals surface area (Å²) in [6.45, 7) is 2.35. The molecule has 1 aliphatic heterocycles. The second-order valence-corrected chi connectivity index (χ2v) is 7.48. The lowest BCUT2D eigenvalue weighted by Gasteiger charge is -2.18. The van der Waals surface area contributed by atoms with Crippen LogP contribution in [0.5, 0.6) is 0 Å². The highest BCUT2D eigenvalue weighted by Gasteiger charge is 2.35. The third-order valence-electron chi connectivity index (χ3n) is 4.64. The van der Waals surface area contributed by atoms with E-state index in [-0.39, 0.29) is 24.2 Å². The minimum Gasteiger partial charge on any atom is -0.311 e. The van der Waals surface area contributed by atoms with Crippen LogP contribution >= 0.6 is 11.3 Å². The van der Waals surface area contributed by atoms with Crippen LogP contribution in [0.1, 0.15) is 12.0 Å². The number of hydrogen-bond donors (Lipinski definition) is 1. The van der Waals surface area contributed by atoms with Crippen LogP contribution in [-0.4, -0.2) is 33.1 Å². The van der Waals surface area contributed by atoms with E-state index < -0.39 is 0 Å². The number of thiazole rings is 1. The molecule has 0 radical (unpaired) electrons. The highest BCUT2D eigenvalue weighted by molar-refractivity contribution is 7.14. The molecule has 0 unspecified atom stereocenters. The average Bonchev–Trinajstić information content (AvgIpc) is 3.36. The van der Waals surface area contributed by atoms with Gasteiger partial charge in [0.15, 0.2) is 5.13 Å². The summed E-state index contributed by atoms with van der Waals surface area (Å²) in [4.78, 5) is 31.2. The number of anilines is 2. The standard InChI is InChI=1S/C19H19N5O2S/c1-12-5-3-4-6-16(12)24-10-13(7-17(24)25)18(26)22-19-21-15(11-27-19)14-8-20-23(2)9-14/h3-6,8-9,11,13H,7,10H2,1-2H3,(H,21,22,26)/t13-/m1/s1. The molecule has 2 amide bonds. The van der Waals surface area contributed by atoms with Crippen molar-refractivity contribution >= 4 is 34.0 Å². The maximum Gasteiger partial charge on any atom is 0.231 e. The van der Waals surface area contributed by atoms with Crippen molar-refractivity contribution in [3.63, 3.8) is 0 Å². The molecule has 0 spiro atoms. The average molecular weight is 381 g/mol. The summed E-state index contributed by atoms with van der Waals surface area (Å²) in [5.74, 6) is -0.589. The molecular formula is C19H19N5O2S. The van der Waals surface area contributed by atoms with Crippen molar-refractivity contribution < 1.29 is 9.59 Å². The maximum absolute atomic E-state index is 12.6. The molecule has 1 aromatic carbocycles. The molecule has 1 fully saturated rings. The third-order valence-corrected chi connectivity index (χ3v) is 5.39. The molecule has 1 atom stereocenters. The van der Waals surface area contributed by atoms with Gasteiger partial charge in [0.1, 0.15) is 0 Å². The monoisotopic (exact) mass is 381 g/mol. The van der Waals surface area contributed by atoms with E-state index in [4.69, 9.17) is 0 Å². The Bertz CT molecular complexity index is 1010. The first kappa shape index (κ1) is 17.4. The van der Waals surface area contributed by atoms with Crippen LogP contribution in [0.3, 0.4) is 0 Å². The zero-order valence-electron chi connectivity index (χ0n) is 15.0. The topological polar surface area (TPSA) is 80.1 Å². The molecule has 0 aliphatic carbocycles. The largest absolute Gasteiger partial charge is 0.311 e. The van der Waals surface area contributed by atoms with Crippen LogP contribution in [0.25, 0.3) is 11.3 Å². The summed E-state index contributed by atoms with van der Waals surface area (Å²) >= 11 is 1.36. The first-order valence-corrected chi connectivity index (χ1v) is 9.50. The van der Waals surface area contributed by atoms with Gasteiger partial charge in [0.05, 0.1) is 17.8 Å². The van der Waals surface area contributed by atoms with Crippen molar-refractivity contribution in [1.29, 1.82) is 0 Å². The van der Waals surface area contributed by atoms with Gasteiger partial charge in [-0.1, -0.05) is 18.2 Å². The van der Waals surface area contributed by atoms with Crippen LogP contribution in [0.15, 0.2) is 42.0 Å². The minimum atomic E-state index is -0.386. The summed E-state index contributed by atoms with van der Waals surface area (Å²) in [7, 11) is 1.84. The molecule has 2 aromatic heterocycles. The number of carbonyl (C=O) groups excluding carboxylic acids is 2. The van der Waals surface area contributed by atoms with E-state index in [0.29, 0.717) is 11.7 Å². The zero-order valence-corrected chi connectivity index (χ0v) is 15.9. The maximum atomic E-state index is 12.6. The molecule has 0 saturated carbocycles. The third kappa shape index (κ3) is 3.48. The van der Waals surface area contributed by atoms with E-state index in [1.165, 1.54) is 11.3 Å². The first-order chi connectivity index (χ1) is 13.0. The Labute approximate surface area is 160 Å². The quantitative estimate of drug-likeness (QED) is 0.754. The summed E-state index contributed by atoms with van der Waals surface area (Å²) in [6, 6.07) is 7.71. The van der Waals surface area contributed by atoms with Gasteiger partial charge in [-0.25, -0.2) is 4.98 Å². The van der Waals surface area contributed by atoms with Gasteiger partial charge in [-0.3, -0.25) is 14.3 Å². The molecule has 1 saturated heterocycles. The number of hydrogen-bond acceptors (Lipinski definition) is 5. The van der Waals surface area contributed by atoms with E-state index in [2.05, 4.69) is 15.4 Å². The van der Waals surface area contributed by atoms with Gasteiger partial charge >= 0.3 is 0 Å². The Morgan fingerprint density at radius 3 is 2.89 bits per heavy atom. The lowest BCUT2D eigenvalue weighted by Crippen LogP contribution is -2.28. The van der Waals surface area contributed by atoms with Gasteiger partial charge in [0.2, 0.25) is 11.8 Å². The Morgan fingerprint density at radius 2 is 2.15 bits per heavy atom. The lowest BCUT2D eigenvalue weighted by molar-refractivity contribution is -0.122. The smallest absolute Gasteiger partial charge is 0.231 e. The van der Waals surface area contributed by atoms with E-state index in [1.54, 1.807) is 15.8 Å². The SMILES string of the molecule is Cc1ccccc1N1C[C@H](C(=O)Nc2nc(-c3cnn(C)c3)cs2)CC1=O. The fraction of sp³-hybridized carbons (Fsp3) is 0.263. The van der Waals surface area contributed by atoms with E-state index >= 15 is 0 Å². The second kappa shape index (κ2) is 6.96. The Balaban J connectivity index is 1.44. The number of nitrogens with zero attached hydrogens (tertiary/aromatic N) is 4. The van der Waals surface area contributed by atoms with Gasteiger partial charge < -0.3 is 10.2 Å². The zero-order chi connectivity index (χ0) is 19.0. The normalized spacial score (nSPS) is 16.7. The van der Waals surface area contributed by atoms with Crippen molar-refractivity contribution in [3.8, 4) is 11.3 Å². The van der Waals surface area contributed by atoms with Crippen LogP contribution < -0.4 is 10.2 Å². The molecule has 27 heavy (non-hydrogen) atoms. The highest BCUT2D eigenvalue weighted by atomic mass is 32.1. The van der Waals surface area contributed by atoms with Crippen molar-refractivity contribution in [2.45, 2.75) is 13.3 Å². The summed E-state index contributed by atoms with van der Waals surface area (Å²) < 4.78 is 1.71. The molecule has 3 heterocycles. The number of amides is 2. The van der Waals surface area contributed by atoms with Crippen molar-refractivity contribution in [3.05, 3.63) is 47.6 Å². The highest BCUT2D eigenvalue weighted by Crippen LogP contribution is 2.29. The molecule has 1 N–H and O–H groups in total. The molecule has 0 bridgehead atoms. The number of rotatable bonds is 4. The van der Waals surface area contributed by atoms with E-state index in [9.17, 15) is 9.59 Å². The van der Waals surface area contributed by atoms with Crippen molar-refractivity contribution in [2.24, 2.45) is 13.0 Å². The molecule has 7 nitrogen and oxygen atoms in total. The number of benzene rings is 1. The fourth-order valence-corrected chi connectivity index (χ4v) is 3.93. The molecule has 1 aliphatic rings. The van der Waals surface area contributed by atoms with Crippen molar-refractivity contribution in [2.75, 3.05) is 16.8 Å². The predicted molar refractivity (Wildman–Crippen MR) is 105 cm³/mol. The number of aromatic nitrogens is 3. The predicted octanol–water partition coefficient (Wildman–Crippen LogP) is 2.84. The number of carbonyl (C=O) groups is 2. The van der Waals surface area contributed by atoms with Crippen molar-refractivity contribution in [1.82, 2.24) is 14.8 Å². The molecule has 138 valence electrons. The van der Waals surface area contributed by atoms with Gasteiger partial charge in [-0.2, -0.15) is 5.10 Å². The fourth-order valence-electron chi connectivity index (χ4n) is 3.21. The van der Waals surface area contributed by atoms with Gasteiger partial charge in [0, 0.05) is 42.8 Å². The van der Waals surface area contributed by atoms with Crippen LogP contribution in [0, 0.1) is 12.8 Å². The van der Waals surface area contributed by atoms with E-state index in [1.807, 2.05) is 49.8 Å². The van der Waals surface area contributed by atoms with Crippen LogP contribution in [-0.2, 0) is 16.6 Å². The first-order valence-electron chi connectivity index (χ1n) is 8.62. The van der Waals surface area contributed by atoms with Crippen LogP contribution in [0.4, 0.5) is 10.8 Å². The van der Waals surface area contributed by atoms with Gasteiger partial charge in [-0.05, 0) is 18.6 Å². The minimum absolute atomic E-state index is 0.0281. The lowest BCUT2D eigenvalue weighted by atomic mass is 10.1. The molecule has 8 heteroatoms. The summed E-state index contributed by atoms with van der Waals surface area (Å²) in [5, 5.41) is 9.39. The van der Waals surface area contributed by atoms with Gasteiger partial charge in [0.25, 0.3) is 0 Å². The number of para-hydroxylation sites is 1. The Kier molecular flexibility index (Phi) is 4.49. The van der Waals surface area contributed by atoms with E-state index in [0.717, 1.165) is 22.5 Å². The second-order valence-electron chi connectivity index (χ2n) is 6.62. The summed E-state index contributed by atoms with van der Waals surface area (Å²) in [6.07, 6.45) is 3.81. The molecule has 3 aromatic rings. The Morgan fingerprint density at radius 1 is 1.33 bits per heavy atom. The van der Waals surface area contributed by atoms with Crippen LogP contribution in [0.2, 0.25) is 0 Å². The number of aryl methyl sites for hydroxylation is 2. The Hall–Kier alpha value is -3.00. The number of nitrogens with one attached hydrogen (secondary N) is 1. The van der Waals surface area contributed by atoms with Gasteiger partial charge in [-0.15, -0.1) is 11.3 Å². The molecule has 4 rings (SSSR count). The molecular weight excluding hydrogens is 362 g/mol. The summed E-state index contributed by atoms with van der Waals surface area (Å²) in [5.41, 5.74) is 3.56.